The van der Waals surface area contributed by atoms with Crippen LogP contribution in [0.3, 0.4) is 0 Å². The molecule has 3 atom stereocenters. The lowest BCUT2D eigenvalue weighted by Gasteiger charge is -2.38. The highest BCUT2D eigenvalue weighted by molar-refractivity contribution is 5.67. The molecule has 2 bridgehead atoms. The molecule has 116 valence electrons. The molecule has 2 fully saturated rings. The van der Waals surface area contributed by atoms with E-state index >= 15 is 0 Å². The molecule has 0 aliphatic heterocycles. The van der Waals surface area contributed by atoms with Crippen molar-refractivity contribution in [2.75, 3.05) is 6.54 Å². The quantitative estimate of drug-likeness (QED) is 0.728. The van der Waals surface area contributed by atoms with Crippen molar-refractivity contribution >= 4 is 6.09 Å². The van der Waals surface area contributed by atoms with E-state index in [1.54, 1.807) is 0 Å². The zero-order valence-electron chi connectivity index (χ0n) is 13.6. The molecule has 3 nitrogen and oxygen atoms in total. The van der Waals surface area contributed by atoms with E-state index in [0.717, 1.165) is 25.3 Å². The zero-order chi connectivity index (χ0) is 14.8. The third-order valence-electron chi connectivity index (χ3n) is 6.26. The van der Waals surface area contributed by atoms with Crippen molar-refractivity contribution in [1.82, 2.24) is 5.32 Å². The van der Waals surface area contributed by atoms with Crippen LogP contribution in [0.5, 0.6) is 0 Å². The minimum absolute atomic E-state index is 0.104. The van der Waals surface area contributed by atoms with E-state index in [9.17, 15) is 4.79 Å². The van der Waals surface area contributed by atoms with E-state index < -0.39 is 0 Å². The fourth-order valence-corrected chi connectivity index (χ4v) is 4.22. The summed E-state index contributed by atoms with van der Waals surface area (Å²) < 4.78 is 5.74. The van der Waals surface area contributed by atoms with Crippen LogP contribution in [0.15, 0.2) is 0 Å². The Balaban J connectivity index is 1.76. The van der Waals surface area contributed by atoms with Crippen LogP contribution in [0.25, 0.3) is 0 Å². The van der Waals surface area contributed by atoms with Gasteiger partial charge in [0.25, 0.3) is 0 Å². The number of fused-ring (bicyclic) bond motifs is 2. The van der Waals surface area contributed by atoms with Gasteiger partial charge in [-0.15, -0.1) is 0 Å². The SMILES string of the molecule is CCCCCCNC(=O)O[C@H]1C[C@H]2CC[C@@]1(C)C2(C)C. The fourth-order valence-electron chi connectivity index (χ4n) is 4.22. The molecule has 2 saturated carbocycles. The maximum Gasteiger partial charge on any atom is 0.407 e. The van der Waals surface area contributed by atoms with Gasteiger partial charge < -0.3 is 10.1 Å². The van der Waals surface area contributed by atoms with Crippen LogP contribution in [-0.2, 0) is 4.74 Å². The van der Waals surface area contributed by atoms with E-state index in [4.69, 9.17) is 4.74 Å². The zero-order valence-corrected chi connectivity index (χ0v) is 13.6. The van der Waals surface area contributed by atoms with Gasteiger partial charge in [-0.25, -0.2) is 4.79 Å². The number of carbonyl (C=O) groups excluding carboxylic acids is 1. The molecule has 2 aliphatic rings. The molecule has 2 rings (SSSR count). The Morgan fingerprint density at radius 1 is 1.25 bits per heavy atom. The van der Waals surface area contributed by atoms with Crippen molar-refractivity contribution in [3.63, 3.8) is 0 Å². The Morgan fingerprint density at radius 3 is 2.55 bits per heavy atom. The third-order valence-corrected chi connectivity index (χ3v) is 6.26. The van der Waals surface area contributed by atoms with Crippen LogP contribution in [-0.4, -0.2) is 18.7 Å². The van der Waals surface area contributed by atoms with Gasteiger partial charge in [-0.1, -0.05) is 47.0 Å². The Morgan fingerprint density at radius 2 is 2.00 bits per heavy atom. The average molecular weight is 281 g/mol. The summed E-state index contributed by atoms with van der Waals surface area (Å²) in [5.74, 6) is 0.717. The topological polar surface area (TPSA) is 38.3 Å². The van der Waals surface area contributed by atoms with Gasteiger partial charge in [0.15, 0.2) is 0 Å². The Bertz CT molecular complexity index is 353. The smallest absolute Gasteiger partial charge is 0.407 e. The number of alkyl carbamates (subject to hydrolysis) is 1. The maximum atomic E-state index is 11.9. The minimum Gasteiger partial charge on any atom is -0.446 e. The highest BCUT2D eigenvalue weighted by Crippen LogP contribution is 2.66. The molecule has 0 unspecified atom stereocenters. The first kappa shape index (κ1) is 15.7. The lowest BCUT2D eigenvalue weighted by Crippen LogP contribution is -2.40. The predicted molar refractivity (Wildman–Crippen MR) is 81.6 cm³/mol. The van der Waals surface area contributed by atoms with Crippen LogP contribution in [0.4, 0.5) is 4.79 Å². The molecule has 2 aliphatic carbocycles. The molecule has 0 aromatic rings. The Kier molecular flexibility index (Phi) is 4.66. The Hall–Kier alpha value is -0.730. The van der Waals surface area contributed by atoms with Gasteiger partial charge >= 0.3 is 6.09 Å². The fraction of sp³-hybridized carbons (Fsp3) is 0.941. The van der Waals surface area contributed by atoms with Gasteiger partial charge in [-0.05, 0) is 37.0 Å². The van der Waals surface area contributed by atoms with Crippen LogP contribution in [0, 0.1) is 16.7 Å². The molecule has 1 N–H and O–H groups in total. The molecule has 1 amide bonds. The van der Waals surface area contributed by atoms with Crippen molar-refractivity contribution in [3.05, 3.63) is 0 Å². The van der Waals surface area contributed by atoms with Gasteiger partial charge in [0, 0.05) is 12.0 Å². The summed E-state index contributed by atoms with van der Waals surface area (Å²) in [4.78, 5) is 11.9. The largest absolute Gasteiger partial charge is 0.446 e. The second kappa shape index (κ2) is 5.95. The first-order valence-electron chi connectivity index (χ1n) is 8.36. The number of amides is 1. The van der Waals surface area contributed by atoms with Crippen molar-refractivity contribution < 1.29 is 9.53 Å². The number of rotatable bonds is 6. The summed E-state index contributed by atoms with van der Waals surface area (Å²) >= 11 is 0. The van der Waals surface area contributed by atoms with Crippen molar-refractivity contribution in [2.45, 2.75) is 78.7 Å². The maximum absolute atomic E-state index is 11.9. The molecular formula is C17H31NO2. The van der Waals surface area contributed by atoms with E-state index in [-0.39, 0.29) is 17.6 Å². The average Bonchev–Trinajstić information content (AvgIpc) is 2.71. The third kappa shape index (κ3) is 2.68. The van der Waals surface area contributed by atoms with Gasteiger partial charge in [-0.2, -0.15) is 0 Å². The lowest BCUT2D eigenvalue weighted by molar-refractivity contribution is -0.00415. The van der Waals surface area contributed by atoms with E-state index in [1.807, 2.05) is 0 Å². The summed E-state index contributed by atoms with van der Waals surface area (Å²) in [5.41, 5.74) is 0.469. The summed E-state index contributed by atoms with van der Waals surface area (Å²) in [6.07, 6.45) is 8.14. The van der Waals surface area contributed by atoms with Crippen LogP contribution >= 0.6 is 0 Å². The van der Waals surface area contributed by atoms with Gasteiger partial charge in [-0.3, -0.25) is 0 Å². The van der Waals surface area contributed by atoms with E-state index in [2.05, 4.69) is 33.0 Å². The number of ether oxygens (including phenoxy) is 1. The van der Waals surface area contributed by atoms with Gasteiger partial charge in [0.2, 0.25) is 0 Å². The first-order valence-corrected chi connectivity index (χ1v) is 8.36. The molecule has 0 aromatic heterocycles. The monoisotopic (exact) mass is 281 g/mol. The van der Waals surface area contributed by atoms with Gasteiger partial charge in [0.05, 0.1) is 0 Å². The molecule has 0 radical (unpaired) electrons. The second-order valence-electron chi connectivity index (χ2n) is 7.49. The summed E-state index contributed by atoms with van der Waals surface area (Å²) in [6.45, 7) is 9.93. The van der Waals surface area contributed by atoms with Gasteiger partial charge in [0.1, 0.15) is 6.10 Å². The van der Waals surface area contributed by atoms with Crippen molar-refractivity contribution in [2.24, 2.45) is 16.7 Å². The minimum atomic E-state index is -0.212. The molecule has 20 heavy (non-hydrogen) atoms. The molecule has 0 heterocycles. The number of hydrogen-bond donors (Lipinski definition) is 1. The first-order chi connectivity index (χ1) is 9.41. The summed E-state index contributed by atoms with van der Waals surface area (Å²) in [5, 5.41) is 2.91. The predicted octanol–water partition coefficient (Wildman–Crippen LogP) is 4.51. The van der Waals surface area contributed by atoms with Crippen molar-refractivity contribution in [3.8, 4) is 0 Å². The van der Waals surface area contributed by atoms with E-state index in [0.29, 0.717) is 5.41 Å². The molecule has 0 spiro atoms. The Labute approximate surface area is 123 Å². The number of hydrogen-bond acceptors (Lipinski definition) is 2. The van der Waals surface area contributed by atoms with Crippen LogP contribution < -0.4 is 5.32 Å². The molecule has 0 aromatic carbocycles. The standard InChI is InChI=1S/C17H31NO2/c1-5-6-7-8-11-18-15(19)20-14-12-13-9-10-17(14,4)16(13,2)3/h13-14H,5-12H2,1-4H3,(H,18,19)/t13-,14+,17-/m1/s1. The van der Waals surface area contributed by atoms with Crippen molar-refractivity contribution in [1.29, 1.82) is 0 Å². The highest BCUT2D eigenvalue weighted by atomic mass is 16.6. The second-order valence-corrected chi connectivity index (χ2v) is 7.49. The van der Waals surface area contributed by atoms with Crippen LogP contribution in [0.2, 0.25) is 0 Å². The number of nitrogens with one attached hydrogen (secondary N) is 1. The molecule has 3 heteroatoms. The van der Waals surface area contributed by atoms with E-state index in [1.165, 1.54) is 32.1 Å². The highest BCUT2D eigenvalue weighted by Gasteiger charge is 2.62. The normalized spacial score (nSPS) is 34.2. The molecule has 0 saturated heterocycles. The summed E-state index contributed by atoms with van der Waals surface area (Å²) in [6, 6.07) is 0. The number of unbranched alkanes of at least 4 members (excludes halogenated alkanes) is 3. The molecular weight excluding hydrogens is 250 g/mol. The lowest BCUT2D eigenvalue weighted by atomic mass is 9.70. The number of carbonyl (C=O) groups is 1. The summed E-state index contributed by atoms with van der Waals surface area (Å²) in [7, 11) is 0. The van der Waals surface area contributed by atoms with Crippen LogP contribution in [0.1, 0.15) is 72.6 Å².